The van der Waals surface area contributed by atoms with Crippen LogP contribution < -0.4 is 20.3 Å². The molecule has 0 fully saturated rings. The minimum absolute atomic E-state index is 0.295. The molecule has 2 N–H and O–H groups in total. The van der Waals surface area contributed by atoms with Gasteiger partial charge in [-0.25, -0.2) is 9.97 Å². The fourth-order valence-electron chi connectivity index (χ4n) is 3.77. The van der Waals surface area contributed by atoms with Crippen LogP contribution in [-0.4, -0.2) is 62.1 Å². The molecular weight excluding hydrogens is 472 g/mol. The van der Waals surface area contributed by atoms with Crippen molar-refractivity contribution in [2.75, 3.05) is 56.9 Å². The highest BCUT2D eigenvalue weighted by Crippen LogP contribution is 2.38. The fourth-order valence-corrected chi connectivity index (χ4v) is 4.73. The molecule has 0 saturated carbocycles. The number of amides is 1. The topological polar surface area (TPSA) is 82.6 Å². The second-order valence-corrected chi connectivity index (χ2v) is 9.44. The number of carbonyl (C=O) groups excluding carboxylic acids is 1. The first-order valence-corrected chi connectivity index (χ1v) is 12.4. The first-order valence-electron chi connectivity index (χ1n) is 11.5. The molecule has 8 nitrogen and oxygen atoms in total. The summed E-state index contributed by atoms with van der Waals surface area (Å²) >= 11 is 1.69. The Kier molecular flexibility index (Phi) is 7.82. The average molecular weight is 503 g/mol. The predicted octanol–water partition coefficient (Wildman–Crippen LogP) is 5.23. The lowest BCUT2D eigenvalue weighted by molar-refractivity contribution is -0.111. The smallest absolute Gasteiger partial charge is 0.247 e. The number of rotatable bonds is 10. The molecule has 2 aromatic heterocycles. The number of anilines is 4. The molecule has 1 amide bonds. The number of nitrogens with zero attached hydrogens (tertiary/aromatic N) is 4. The minimum atomic E-state index is -0.295. The van der Waals surface area contributed by atoms with Crippen LogP contribution >= 0.6 is 11.3 Å². The van der Waals surface area contributed by atoms with Crippen molar-refractivity contribution in [2.45, 2.75) is 0 Å². The second-order valence-electron chi connectivity index (χ2n) is 8.52. The SMILES string of the molecule is C=CC(=O)Nc1cc(Nc2nccc(-c3csc4ccccc34)n2)c(OC)cc1N(C)CCN(C)C. The zero-order chi connectivity index (χ0) is 25.7. The molecule has 0 aliphatic carbocycles. The largest absolute Gasteiger partial charge is 0.494 e. The third-order valence-electron chi connectivity index (χ3n) is 5.71. The van der Waals surface area contributed by atoms with Gasteiger partial charge in [0.05, 0.1) is 29.9 Å². The van der Waals surface area contributed by atoms with E-state index in [0.29, 0.717) is 23.1 Å². The Labute approximate surface area is 215 Å². The van der Waals surface area contributed by atoms with Crippen LogP contribution in [0, 0.1) is 0 Å². The number of benzene rings is 2. The summed E-state index contributed by atoms with van der Waals surface area (Å²) in [7, 11) is 7.64. The number of hydrogen-bond acceptors (Lipinski definition) is 8. The normalized spacial score (nSPS) is 10.9. The maximum Gasteiger partial charge on any atom is 0.247 e. The summed E-state index contributed by atoms with van der Waals surface area (Å²) in [6.07, 6.45) is 2.98. The van der Waals surface area contributed by atoms with E-state index in [1.165, 1.54) is 10.8 Å². The quantitative estimate of drug-likeness (QED) is 0.287. The summed E-state index contributed by atoms with van der Waals surface area (Å²) in [6.45, 7) is 5.19. The van der Waals surface area contributed by atoms with E-state index in [1.807, 2.05) is 51.5 Å². The Bertz CT molecular complexity index is 1380. The monoisotopic (exact) mass is 502 g/mol. The van der Waals surface area contributed by atoms with Crippen LogP contribution in [0.25, 0.3) is 21.3 Å². The van der Waals surface area contributed by atoms with Crippen molar-refractivity contribution in [1.29, 1.82) is 0 Å². The van der Waals surface area contributed by atoms with E-state index in [1.54, 1.807) is 24.6 Å². The molecule has 0 bridgehead atoms. The number of hydrogen-bond donors (Lipinski definition) is 2. The van der Waals surface area contributed by atoms with Crippen LogP contribution in [0.1, 0.15) is 0 Å². The lowest BCUT2D eigenvalue weighted by atomic mass is 10.1. The molecule has 2 aromatic carbocycles. The Hall–Kier alpha value is -3.95. The van der Waals surface area contributed by atoms with E-state index in [0.717, 1.165) is 35.4 Å². The third-order valence-corrected chi connectivity index (χ3v) is 6.68. The molecule has 0 spiro atoms. The molecule has 2 heterocycles. The van der Waals surface area contributed by atoms with E-state index in [2.05, 4.69) is 49.5 Å². The second kappa shape index (κ2) is 11.2. The molecule has 36 heavy (non-hydrogen) atoms. The van der Waals surface area contributed by atoms with Crippen molar-refractivity contribution in [2.24, 2.45) is 0 Å². The molecule has 0 unspecified atom stereocenters. The van der Waals surface area contributed by atoms with E-state index in [4.69, 9.17) is 9.72 Å². The highest BCUT2D eigenvalue weighted by molar-refractivity contribution is 7.17. The van der Waals surface area contributed by atoms with Crippen LogP contribution in [0.15, 0.2) is 66.7 Å². The Balaban J connectivity index is 1.69. The van der Waals surface area contributed by atoms with Crippen LogP contribution in [0.5, 0.6) is 5.75 Å². The maximum absolute atomic E-state index is 12.2. The Morgan fingerprint density at radius 1 is 1.14 bits per heavy atom. The summed E-state index contributed by atoms with van der Waals surface area (Å²) in [4.78, 5) is 25.6. The van der Waals surface area contributed by atoms with Gasteiger partial charge in [0.15, 0.2) is 0 Å². The number of methoxy groups -OCH3 is 1. The van der Waals surface area contributed by atoms with Crippen molar-refractivity contribution in [1.82, 2.24) is 14.9 Å². The van der Waals surface area contributed by atoms with Crippen molar-refractivity contribution in [3.8, 4) is 17.0 Å². The molecule has 0 aliphatic rings. The van der Waals surface area contributed by atoms with Crippen LogP contribution in [0.4, 0.5) is 23.0 Å². The van der Waals surface area contributed by atoms with Crippen LogP contribution in [0.3, 0.4) is 0 Å². The number of fused-ring (bicyclic) bond motifs is 1. The third kappa shape index (κ3) is 5.64. The summed E-state index contributed by atoms with van der Waals surface area (Å²) in [5, 5.41) is 9.45. The van der Waals surface area contributed by atoms with Gasteiger partial charge in [0.25, 0.3) is 0 Å². The predicted molar refractivity (Wildman–Crippen MR) is 150 cm³/mol. The van der Waals surface area contributed by atoms with Gasteiger partial charge in [0.1, 0.15) is 5.75 Å². The van der Waals surface area contributed by atoms with Gasteiger partial charge in [-0.15, -0.1) is 11.3 Å². The van der Waals surface area contributed by atoms with Gasteiger partial charge in [-0.05, 0) is 38.4 Å². The van der Waals surface area contributed by atoms with Gasteiger partial charge in [0, 0.05) is 53.4 Å². The van der Waals surface area contributed by atoms with Crippen molar-refractivity contribution in [3.05, 3.63) is 66.7 Å². The van der Waals surface area contributed by atoms with E-state index < -0.39 is 0 Å². The zero-order valence-corrected chi connectivity index (χ0v) is 21.7. The Morgan fingerprint density at radius 2 is 1.94 bits per heavy atom. The van der Waals surface area contributed by atoms with Gasteiger partial charge >= 0.3 is 0 Å². The summed E-state index contributed by atoms with van der Waals surface area (Å²) < 4.78 is 6.90. The lowest BCUT2D eigenvalue weighted by Crippen LogP contribution is -2.29. The summed E-state index contributed by atoms with van der Waals surface area (Å²) in [5.41, 5.74) is 3.97. The molecule has 0 atom stereocenters. The van der Waals surface area contributed by atoms with Gasteiger partial charge in [-0.2, -0.15) is 0 Å². The number of likely N-dealkylation sites (N-methyl/N-ethyl adjacent to an activating group) is 2. The molecule has 4 rings (SSSR count). The van der Waals surface area contributed by atoms with Gasteiger partial charge in [-0.3, -0.25) is 4.79 Å². The molecule has 0 aliphatic heterocycles. The summed E-state index contributed by atoms with van der Waals surface area (Å²) in [5.74, 6) is 0.736. The fraction of sp³-hybridized carbons (Fsp3) is 0.222. The van der Waals surface area contributed by atoms with Gasteiger partial charge < -0.3 is 25.2 Å². The lowest BCUT2D eigenvalue weighted by Gasteiger charge is -2.26. The van der Waals surface area contributed by atoms with E-state index in [-0.39, 0.29) is 5.91 Å². The van der Waals surface area contributed by atoms with Gasteiger partial charge in [-0.1, -0.05) is 24.8 Å². The zero-order valence-electron chi connectivity index (χ0n) is 20.9. The average Bonchev–Trinajstić information content (AvgIpc) is 3.32. The van der Waals surface area contributed by atoms with E-state index in [9.17, 15) is 4.79 Å². The number of aromatic nitrogens is 2. The minimum Gasteiger partial charge on any atom is -0.494 e. The number of nitrogens with one attached hydrogen (secondary N) is 2. The molecule has 0 radical (unpaired) electrons. The first-order chi connectivity index (χ1) is 17.4. The molecular formula is C27H30N6O2S. The number of thiophene rings is 1. The van der Waals surface area contributed by atoms with Gasteiger partial charge in [0.2, 0.25) is 11.9 Å². The number of carbonyl (C=O) groups is 1. The van der Waals surface area contributed by atoms with Crippen molar-refractivity contribution < 1.29 is 9.53 Å². The van der Waals surface area contributed by atoms with Crippen LogP contribution in [-0.2, 0) is 4.79 Å². The standard InChI is InChI=1S/C27H30N6O2S/c1-6-26(34)29-21-15-22(24(35-5)16-23(21)33(4)14-13-32(2)3)31-27-28-12-11-20(30-27)19-17-36-25-10-8-7-9-18(19)25/h6-12,15-17H,1,13-14H2,2-5H3,(H,29,34)(H,28,30,31). The summed E-state index contributed by atoms with van der Waals surface area (Å²) in [6, 6.07) is 13.9. The highest BCUT2D eigenvalue weighted by Gasteiger charge is 2.17. The van der Waals surface area contributed by atoms with Crippen molar-refractivity contribution >= 4 is 50.3 Å². The van der Waals surface area contributed by atoms with Crippen molar-refractivity contribution in [3.63, 3.8) is 0 Å². The molecule has 4 aromatic rings. The highest BCUT2D eigenvalue weighted by atomic mass is 32.1. The molecule has 0 saturated heterocycles. The maximum atomic E-state index is 12.2. The first kappa shape index (κ1) is 25.2. The Morgan fingerprint density at radius 3 is 2.69 bits per heavy atom. The molecule has 9 heteroatoms. The molecule has 186 valence electrons. The van der Waals surface area contributed by atoms with E-state index >= 15 is 0 Å². The number of ether oxygens (including phenoxy) is 1. The van der Waals surface area contributed by atoms with Crippen LogP contribution in [0.2, 0.25) is 0 Å².